The smallest absolute Gasteiger partial charge is 0.434 e. The second-order valence-corrected chi connectivity index (χ2v) is 6.33. The average molecular weight is 382 g/mol. The van der Waals surface area contributed by atoms with Crippen molar-refractivity contribution in [3.05, 3.63) is 47.5 Å². The van der Waals surface area contributed by atoms with E-state index in [9.17, 15) is 9.59 Å². The fourth-order valence-corrected chi connectivity index (χ4v) is 3.06. The number of carbonyl (C=O) groups excluding carboxylic acids is 2. The van der Waals surface area contributed by atoms with Crippen LogP contribution < -0.4 is 9.47 Å². The van der Waals surface area contributed by atoms with Crippen molar-refractivity contribution in [3.8, 4) is 11.5 Å². The summed E-state index contributed by atoms with van der Waals surface area (Å²) in [5.41, 5.74) is 1.94. The number of hydrogen-bond donors (Lipinski definition) is 0. The molecule has 3 aromatic rings. The number of fused-ring (bicyclic) bond motifs is 2. The Balaban J connectivity index is 2.33. The van der Waals surface area contributed by atoms with Crippen LogP contribution in [0.25, 0.3) is 21.5 Å². The van der Waals surface area contributed by atoms with Gasteiger partial charge in [0.05, 0.1) is 13.2 Å². The Morgan fingerprint density at radius 1 is 0.679 bits per heavy atom. The lowest BCUT2D eigenvalue weighted by atomic mass is 9.98. The molecule has 0 N–H and O–H groups in total. The molecule has 6 heteroatoms. The van der Waals surface area contributed by atoms with E-state index < -0.39 is 12.3 Å². The van der Waals surface area contributed by atoms with Crippen molar-refractivity contribution in [1.82, 2.24) is 0 Å². The second kappa shape index (κ2) is 8.17. The molecule has 0 radical (unpaired) electrons. The largest absolute Gasteiger partial charge is 0.513 e. The first-order valence-electron chi connectivity index (χ1n) is 9.10. The van der Waals surface area contributed by atoms with Crippen molar-refractivity contribution >= 4 is 33.9 Å². The molecule has 28 heavy (non-hydrogen) atoms. The maximum Gasteiger partial charge on any atom is 0.513 e. The van der Waals surface area contributed by atoms with E-state index in [1.807, 2.05) is 50.2 Å². The first-order chi connectivity index (χ1) is 13.4. The predicted octanol–water partition coefficient (Wildman–Crippen LogP) is 5.68. The maximum absolute atomic E-state index is 12.1. The van der Waals surface area contributed by atoms with Crippen molar-refractivity contribution in [1.29, 1.82) is 0 Å². The average Bonchev–Trinajstić information content (AvgIpc) is 2.64. The van der Waals surface area contributed by atoms with Crippen molar-refractivity contribution < 1.29 is 28.5 Å². The van der Waals surface area contributed by atoms with E-state index in [0.717, 1.165) is 11.1 Å². The number of hydrogen-bond acceptors (Lipinski definition) is 6. The molecule has 0 atom stereocenters. The van der Waals surface area contributed by atoms with Gasteiger partial charge >= 0.3 is 12.3 Å². The normalized spacial score (nSPS) is 10.7. The summed E-state index contributed by atoms with van der Waals surface area (Å²) in [6.07, 6.45) is -1.57. The summed E-state index contributed by atoms with van der Waals surface area (Å²) < 4.78 is 21.0. The molecule has 0 aliphatic heterocycles. The van der Waals surface area contributed by atoms with Crippen LogP contribution in [0.4, 0.5) is 9.59 Å². The zero-order valence-electron chi connectivity index (χ0n) is 16.3. The van der Waals surface area contributed by atoms with Gasteiger partial charge < -0.3 is 18.9 Å². The van der Waals surface area contributed by atoms with E-state index in [4.69, 9.17) is 18.9 Å². The third-order valence-corrected chi connectivity index (χ3v) is 4.22. The van der Waals surface area contributed by atoms with Crippen LogP contribution in [0.3, 0.4) is 0 Å². The molecular formula is C22H22O6. The SMILES string of the molecule is CCOC(=O)Oc1c2ccc(C)cc2c(OC(=O)OCC)c2cc(C)ccc12. The number of carbonyl (C=O) groups is 2. The van der Waals surface area contributed by atoms with Gasteiger partial charge in [0.1, 0.15) is 11.5 Å². The highest BCUT2D eigenvalue weighted by molar-refractivity contribution is 6.12. The van der Waals surface area contributed by atoms with Gasteiger partial charge in [-0.3, -0.25) is 0 Å². The summed E-state index contributed by atoms with van der Waals surface area (Å²) in [7, 11) is 0. The molecule has 0 aliphatic rings. The highest BCUT2D eigenvalue weighted by Gasteiger charge is 2.21. The summed E-state index contributed by atoms with van der Waals surface area (Å²) in [4.78, 5) is 24.1. The summed E-state index contributed by atoms with van der Waals surface area (Å²) in [6, 6.07) is 11.2. The third-order valence-electron chi connectivity index (χ3n) is 4.22. The molecule has 0 saturated carbocycles. The van der Waals surface area contributed by atoms with Gasteiger partial charge in [-0.25, -0.2) is 9.59 Å². The van der Waals surface area contributed by atoms with Gasteiger partial charge in [-0.05, 0) is 39.8 Å². The Bertz CT molecular complexity index is 991. The Morgan fingerprint density at radius 3 is 1.46 bits per heavy atom. The molecule has 0 heterocycles. The van der Waals surface area contributed by atoms with Gasteiger partial charge in [0.2, 0.25) is 0 Å². The highest BCUT2D eigenvalue weighted by Crippen LogP contribution is 2.43. The predicted molar refractivity (Wildman–Crippen MR) is 106 cm³/mol. The van der Waals surface area contributed by atoms with Gasteiger partial charge in [0.15, 0.2) is 0 Å². The Hall–Kier alpha value is -3.28. The van der Waals surface area contributed by atoms with E-state index >= 15 is 0 Å². The maximum atomic E-state index is 12.1. The summed E-state index contributed by atoms with van der Waals surface area (Å²) >= 11 is 0. The molecule has 3 rings (SSSR count). The first kappa shape index (κ1) is 19.5. The minimum Gasteiger partial charge on any atom is -0.434 e. The van der Waals surface area contributed by atoms with Crippen LogP contribution >= 0.6 is 0 Å². The van der Waals surface area contributed by atoms with Crippen molar-refractivity contribution in [2.75, 3.05) is 13.2 Å². The number of aryl methyl sites for hydroxylation is 2. The minimum atomic E-state index is -0.787. The molecule has 0 unspecified atom stereocenters. The molecule has 0 saturated heterocycles. The summed E-state index contributed by atoms with van der Waals surface area (Å²) in [5, 5.41) is 2.56. The molecule has 0 bridgehead atoms. The van der Waals surface area contributed by atoms with E-state index in [2.05, 4.69) is 0 Å². The van der Waals surface area contributed by atoms with E-state index in [1.54, 1.807) is 13.8 Å². The third kappa shape index (κ3) is 3.86. The van der Waals surface area contributed by atoms with Crippen LogP contribution in [0.15, 0.2) is 36.4 Å². The minimum absolute atomic E-state index is 0.205. The fraction of sp³-hybridized carbons (Fsp3) is 0.273. The fourth-order valence-electron chi connectivity index (χ4n) is 3.06. The summed E-state index contributed by atoms with van der Waals surface area (Å²) in [5.74, 6) is 0.728. The molecule has 3 aromatic carbocycles. The monoisotopic (exact) mass is 382 g/mol. The van der Waals surface area contributed by atoms with Crippen LogP contribution in [-0.4, -0.2) is 25.5 Å². The van der Waals surface area contributed by atoms with Gasteiger partial charge in [0, 0.05) is 21.5 Å². The number of ether oxygens (including phenoxy) is 4. The van der Waals surface area contributed by atoms with Crippen LogP contribution in [0.5, 0.6) is 11.5 Å². The first-order valence-corrected chi connectivity index (χ1v) is 9.10. The summed E-state index contributed by atoms with van der Waals surface area (Å²) in [6.45, 7) is 7.69. The lowest BCUT2D eigenvalue weighted by Gasteiger charge is -2.17. The molecule has 0 aliphatic carbocycles. The molecule has 0 fully saturated rings. The lowest BCUT2D eigenvalue weighted by molar-refractivity contribution is 0.103. The Labute approximate surface area is 162 Å². The van der Waals surface area contributed by atoms with Crippen LogP contribution in [-0.2, 0) is 9.47 Å². The molecule has 0 aromatic heterocycles. The molecule has 0 spiro atoms. The molecule has 0 amide bonds. The van der Waals surface area contributed by atoms with Crippen LogP contribution in [0, 0.1) is 13.8 Å². The van der Waals surface area contributed by atoms with E-state index in [1.165, 1.54) is 0 Å². The molecule has 146 valence electrons. The standard InChI is InChI=1S/C22H22O6/c1-5-25-21(23)27-19-15-9-7-13(3)11-17(15)20(28-22(24)26-6-2)18-12-14(4)8-10-16(18)19/h7-12H,5-6H2,1-4H3. The number of benzene rings is 3. The van der Waals surface area contributed by atoms with Crippen LogP contribution in [0.2, 0.25) is 0 Å². The van der Waals surface area contributed by atoms with Crippen molar-refractivity contribution in [2.24, 2.45) is 0 Å². The highest BCUT2D eigenvalue weighted by atomic mass is 16.7. The lowest BCUT2D eigenvalue weighted by Crippen LogP contribution is -2.12. The van der Waals surface area contributed by atoms with Gasteiger partial charge in [0.25, 0.3) is 0 Å². The van der Waals surface area contributed by atoms with Gasteiger partial charge in [-0.2, -0.15) is 0 Å². The van der Waals surface area contributed by atoms with E-state index in [0.29, 0.717) is 33.0 Å². The van der Waals surface area contributed by atoms with E-state index in [-0.39, 0.29) is 13.2 Å². The van der Waals surface area contributed by atoms with Crippen molar-refractivity contribution in [2.45, 2.75) is 27.7 Å². The van der Waals surface area contributed by atoms with Crippen LogP contribution in [0.1, 0.15) is 25.0 Å². The van der Waals surface area contributed by atoms with Gasteiger partial charge in [-0.1, -0.05) is 35.4 Å². The Kier molecular flexibility index (Phi) is 5.68. The zero-order chi connectivity index (χ0) is 20.3. The number of rotatable bonds is 4. The molecule has 6 nitrogen and oxygen atoms in total. The Morgan fingerprint density at radius 2 is 1.07 bits per heavy atom. The second-order valence-electron chi connectivity index (χ2n) is 6.33. The van der Waals surface area contributed by atoms with Crippen molar-refractivity contribution in [3.63, 3.8) is 0 Å². The molecular weight excluding hydrogens is 360 g/mol. The quantitative estimate of drug-likeness (QED) is 0.328. The topological polar surface area (TPSA) is 71.1 Å². The zero-order valence-corrected chi connectivity index (χ0v) is 16.3. The van der Waals surface area contributed by atoms with Gasteiger partial charge in [-0.15, -0.1) is 0 Å².